The van der Waals surface area contributed by atoms with Gasteiger partial charge in [-0.2, -0.15) is 0 Å². The molecule has 3 rings (SSSR count). The fraction of sp³-hybridized carbons (Fsp3) is 0.500. The molecule has 0 aliphatic carbocycles. The van der Waals surface area contributed by atoms with Crippen LogP contribution in [-0.2, 0) is 9.53 Å². The molecule has 152 valence electrons. The first-order chi connectivity index (χ1) is 13.5. The molecule has 1 atom stereocenters. The van der Waals surface area contributed by atoms with Crippen molar-refractivity contribution in [3.05, 3.63) is 35.5 Å². The summed E-state index contributed by atoms with van der Waals surface area (Å²) in [5.41, 5.74) is 2.15. The molecule has 2 heterocycles. The van der Waals surface area contributed by atoms with E-state index in [-0.39, 0.29) is 18.7 Å². The maximum Gasteiger partial charge on any atom is 0.337 e. The minimum atomic E-state index is -0.404. The van der Waals surface area contributed by atoms with Crippen molar-refractivity contribution in [3.63, 3.8) is 0 Å². The van der Waals surface area contributed by atoms with Gasteiger partial charge in [-0.15, -0.1) is 0 Å². The van der Waals surface area contributed by atoms with E-state index in [2.05, 4.69) is 28.5 Å². The van der Waals surface area contributed by atoms with Crippen molar-refractivity contribution in [1.82, 2.24) is 15.5 Å². The number of carbonyl (C=O) groups is 2. The SMILES string of the molecule is CCOC(=O)C1=C(CN(C)CC2CN(CC)c3ccccc3O2)NC(=O)NC1. The fourth-order valence-electron chi connectivity index (χ4n) is 3.54. The van der Waals surface area contributed by atoms with Crippen molar-refractivity contribution in [2.75, 3.05) is 51.3 Å². The molecule has 0 aromatic heterocycles. The number of likely N-dealkylation sites (N-methyl/N-ethyl adjacent to an activating group) is 2. The fourth-order valence-corrected chi connectivity index (χ4v) is 3.54. The van der Waals surface area contributed by atoms with E-state index in [9.17, 15) is 9.59 Å². The summed E-state index contributed by atoms with van der Waals surface area (Å²) in [7, 11) is 1.95. The molecule has 1 aromatic rings. The average molecular weight is 388 g/mol. The molecular formula is C20H28N4O4. The monoisotopic (exact) mass is 388 g/mol. The first-order valence-electron chi connectivity index (χ1n) is 9.65. The van der Waals surface area contributed by atoms with Crippen LogP contribution in [0, 0.1) is 0 Å². The van der Waals surface area contributed by atoms with Gasteiger partial charge in [0.2, 0.25) is 0 Å². The molecule has 28 heavy (non-hydrogen) atoms. The molecule has 8 heteroatoms. The van der Waals surface area contributed by atoms with E-state index >= 15 is 0 Å². The third-order valence-corrected chi connectivity index (χ3v) is 4.82. The molecule has 2 aliphatic heterocycles. The van der Waals surface area contributed by atoms with E-state index in [1.807, 2.05) is 30.1 Å². The third kappa shape index (κ3) is 4.56. The van der Waals surface area contributed by atoms with Crippen molar-refractivity contribution in [2.45, 2.75) is 20.0 Å². The Hall–Kier alpha value is -2.74. The molecule has 0 saturated carbocycles. The molecule has 1 unspecified atom stereocenters. The summed E-state index contributed by atoms with van der Waals surface area (Å²) in [5.74, 6) is 0.481. The molecule has 2 aliphatic rings. The normalized spacial score (nSPS) is 18.9. The highest BCUT2D eigenvalue weighted by Crippen LogP contribution is 2.32. The largest absolute Gasteiger partial charge is 0.485 e. The predicted molar refractivity (Wildman–Crippen MR) is 106 cm³/mol. The second-order valence-electron chi connectivity index (χ2n) is 6.93. The predicted octanol–water partition coefficient (Wildman–Crippen LogP) is 1.34. The topological polar surface area (TPSA) is 83.1 Å². The van der Waals surface area contributed by atoms with Crippen molar-refractivity contribution in [3.8, 4) is 5.75 Å². The lowest BCUT2D eigenvalue weighted by molar-refractivity contribution is -0.138. The van der Waals surface area contributed by atoms with Crippen LogP contribution in [0.25, 0.3) is 0 Å². The van der Waals surface area contributed by atoms with Crippen LogP contribution in [-0.4, -0.2) is 69.4 Å². The first-order valence-corrected chi connectivity index (χ1v) is 9.65. The van der Waals surface area contributed by atoms with Gasteiger partial charge >= 0.3 is 12.0 Å². The molecule has 0 spiro atoms. The number of ether oxygens (including phenoxy) is 2. The quantitative estimate of drug-likeness (QED) is 0.686. The lowest BCUT2D eigenvalue weighted by atomic mass is 10.1. The smallest absolute Gasteiger partial charge is 0.337 e. The van der Waals surface area contributed by atoms with Crippen LogP contribution in [0.1, 0.15) is 13.8 Å². The van der Waals surface area contributed by atoms with Gasteiger partial charge in [0.1, 0.15) is 11.9 Å². The Morgan fingerprint density at radius 2 is 2.14 bits per heavy atom. The van der Waals surface area contributed by atoms with E-state index in [4.69, 9.17) is 9.47 Å². The number of urea groups is 1. The number of para-hydroxylation sites is 2. The summed E-state index contributed by atoms with van der Waals surface area (Å²) >= 11 is 0. The third-order valence-electron chi connectivity index (χ3n) is 4.82. The average Bonchev–Trinajstić information content (AvgIpc) is 2.67. The van der Waals surface area contributed by atoms with Gasteiger partial charge in [0, 0.05) is 25.3 Å². The number of carbonyl (C=O) groups excluding carboxylic acids is 2. The van der Waals surface area contributed by atoms with Crippen molar-refractivity contribution >= 4 is 17.7 Å². The van der Waals surface area contributed by atoms with Gasteiger partial charge in [0.15, 0.2) is 0 Å². The molecule has 0 bridgehead atoms. The van der Waals surface area contributed by atoms with E-state index in [1.165, 1.54) is 0 Å². The van der Waals surface area contributed by atoms with Crippen LogP contribution in [0.3, 0.4) is 0 Å². The second-order valence-corrected chi connectivity index (χ2v) is 6.93. The standard InChI is InChI=1S/C20H28N4O4/c1-4-24-12-14(28-18-9-7-6-8-17(18)24)11-23(3)13-16-15(19(25)27-5-2)10-21-20(26)22-16/h6-9,14H,4-5,10-13H2,1-3H3,(H2,21,22,26). The molecule has 1 aromatic carbocycles. The van der Waals surface area contributed by atoms with Gasteiger partial charge < -0.3 is 25.0 Å². The lowest BCUT2D eigenvalue weighted by Gasteiger charge is -2.37. The maximum absolute atomic E-state index is 12.2. The Bertz CT molecular complexity index is 764. The number of esters is 1. The maximum atomic E-state index is 12.2. The Morgan fingerprint density at radius 3 is 2.89 bits per heavy atom. The van der Waals surface area contributed by atoms with Crippen LogP contribution in [0.4, 0.5) is 10.5 Å². The summed E-state index contributed by atoms with van der Waals surface area (Å²) in [4.78, 5) is 28.3. The number of fused-ring (bicyclic) bond motifs is 1. The highest BCUT2D eigenvalue weighted by molar-refractivity contribution is 5.93. The number of nitrogens with zero attached hydrogens (tertiary/aromatic N) is 2. The summed E-state index contributed by atoms with van der Waals surface area (Å²) < 4.78 is 11.3. The van der Waals surface area contributed by atoms with Gasteiger partial charge in [0.25, 0.3) is 0 Å². The second kappa shape index (κ2) is 8.97. The van der Waals surface area contributed by atoms with Crippen LogP contribution >= 0.6 is 0 Å². The van der Waals surface area contributed by atoms with Crippen molar-refractivity contribution in [2.24, 2.45) is 0 Å². The minimum absolute atomic E-state index is 0.0103. The molecule has 0 saturated heterocycles. The number of benzene rings is 1. The minimum Gasteiger partial charge on any atom is -0.485 e. The highest BCUT2D eigenvalue weighted by atomic mass is 16.5. The van der Waals surface area contributed by atoms with Crippen molar-refractivity contribution in [1.29, 1.82) is 0 Å². The van der Waals surface area contributed by atoms with E-state index in [0.717, 1.165) is 24.5 Å². The van der Waals surface area contributed by atoms with Gasteiger partial charge in [0.05, 0.1) is 31.0 Å². The van der Waals surface area contributed by atoms with E-state index < -0.39 is 5.97 Å². The van der Waals surface area contributed by atoms with Crippen molar-refractivity contribution < 1.29 is 19.1 Å². The first kappa shape index (κ1) is 20.0. The molecule has 0 radical (unpaired) electrons. The van der Waals surface area contributed by atoms with Crippen LogP contribution in [0.2, 0.25) is 0 Å². The number of nitrogens with one attached hydrogen (secondary N) is 2. The number of hydrogen-bond donors (Lipinski definition) is 2. The number of amides is 2. The zero-order valence-corrected chi connectivity index (χ0v) is 16.7. The van der Waals surface area contributed by atoms with E-state index in [1.54, 1.807) is 6.92 Å². The number of rotatable bonds is 7. The van der Waals surface area contributed by atoms with Crippen LogP contribution < -0.4 is 20.3 Å². The van der Waals surface area contributed by atoms with Gasteiger partial charge in [-0.25, -0.2) is 9.59 Å². The molecule has 2 amide bonds. The summed E-state index contributed by atoms with van der Waals surface area (Å²) in [5, 5.41) is 5.37. The van der Waals surface area contributed by atoms with Gasteiger partial charge in [-0.1, -0.05) is 12.1 Å². The van der Waals surface area contributed by atoms with Crippen LogP contribution in [0.15, 0.2) is 35.5 Å². The Labute approximate surface area is 165 Å². The Balaban J connectivity index is 1.68. The molecule has 0 fully saturated rings. The van der Waals surface area contributed by atoms with Gasteiger partial charge in [-0.05, 0) is 33.0 Å². The summed E-state index contributed by atoms with van der Waals surface area (Å²) in [6.07, 6.45) is -0.0103. The molecular weight excluding hydrogens is 360 g/mol. The number of hydrogen-bond acceptors (Lipinski definition) is 6. The zero-order chi connectivity index (χ0) is 20.1. The number of anilines is 1. The van der Waals surface area contributed by atoms with E-state index in [0.29, 0.717) is 31.0 Å². The molecule has 2 N–H and O–H groups in total. The zero-order valence-electron chi connectivity index (χ0n) is 16.7. The lowest BCUT2D eigenvalue weighted by Crippen LogP contribution is -2.49. The summed E-state index contributed by atoms with van der Waals surface area (Å²) in [6, 6.07) is 7.73. The highest BCUT2D eigenvalue weighted by Gasteiger charge is 2.28. The molecule has 8 nitrogen and oxygen atoms in total. The van der Waals surface area contributed by atoms with Gasteiger partial charge in [-0.3, -0.25) is 4.90 Å². The van der Waals surface area contributed by atoms with Crippen LogP contribution in [0.5, 0.6) is 5.75 Å². The Kier molecular flexibility index (Phi) is 6.41. The summed E-state index contributed by atoms with van der Waals surface area (Å²) in [6.45, 7) is 7.13. The Morgan fingerprint density at radius 1 is 1.36 bits per heavy atom.